The Morgan fingerprint density at radius 3 is 1.36 bits per heavy atom. The van der Waals surface area contributed by atoms with E-state index in [4.69, 9.17) is 0 Å². The van der Waals surface area contributed by atoms with Crippen molar-refractivity contribution in [2.45, 2.75) is 12.8 Å². The summed E-state index contributed by atoms with van der Waals surface area (Å²) in [4.78, 5) is 2.31. The molecular formula is C38H29N. The van der Waals surface area contributed by atoms with E-state index in [-0.39, 0.29) is 0 Å². The maximum atomic E-state index is 2.39. The molecule has 1 aliphatic carbocycles. The Morgan fingerprint density at radius 2 is 0.872 bits per heavy atom. The zero-order chi connectivity index (χ0) is 26.0. The number of anilines is 3. The van der Waals surface area contributed by atoms with Gasteiger partial charge in [0.2, 0.25) is 0 Å². The number of nitrogens with zero attached hydrogens (tertiary/aromatic N) is 1. The lowest BCUT2D eigenvalue weighted by molar-refractivity contribution is 1.04. The van der Waals surface area contributed by atoms with E-state index in [0.29, 0.717) is 0 Å². The molecule has 0 spiro atoms. The molecular weight excluding hydrogens is 470 g/mol. The molecule has 6 aromatic rings. The van der Waals surface area contributed by atoms with Gasteiger partial charge in [0.15, 0.2) is 0 Å². The molecule has 0 bridgehead atoms. The fraction of sp³-hybridized carbons (Fsp3) is 0.0526. The van der Waals surface area contributed by atoms with E-state index in [1.807, 2.05) is 0 Å². The van der Waals surface area contributed by atoms with Crippen molar-refractivity contribution in [1.29, 1.82) is 0 Å². The summed E-state index contributed by atoms with van der Waals surface area (Å²) in [5.74, 6) is 0. The molecule has 0 atom stereocenters. The molecule has 0 amide bonds. The maximum absolute atomic E-state index is 2.39. The highest BCUT2D eigenvalue weighted by atomic mass is 15.1. The third-order valence-electron chi connectivity index (χ3n) is 7.66. The number of para-hydroxylation sites is 2. The lowest BCUT2D eigenvalue weighted by Crippen LogP contribution is -2.09. The predicted molar refractivity (Wildman–Crippen MR) is 168 cm³/mol. The molecule has 7 rings (SSSR count). The number of rotatable bonds is 5. The van der Waals surface area contributed by atoms with E-state index >= 15 is 0 Å². The highest BCUT2D eigenvalue weighted by molar-refractivity contribution is 6.19. The van der Waals surface area contributed by atoms with E-state index in [9.17, 15) is 0 Å². The van der Waals surface area contributed by atoms with E-state index in [0.717, 1.165) is 29.9 Å². The molecule has 0 saturated heterocycles. The van der Waals surface area contributed by atoms with Crippen molar-refractivity contribution >= 4 is 44.2 Å². The molecule has 0 unspecified atom stereocenters. The molecule has 1 aliphatic rings. The monoisotopic (exact) mass is 499 g/mol. The van der Waals surface area contributed by atoms with Crippen molar-refractivity contribution in [1.82, 2.24) is 0 Å². The summed E-state index contributed by atoms with van der Waals surface area (Å²) in [6, 6.07) is 48.0. The van der Waals surface area contributed by atoms with E-state index in [2.05, 4.69) is 157 Å². The Hall–Kier alpha value is -4.88. The van der Waals surface area contributed by atoms with Crippen LogP contribution in [0.2, 0.25) is 0 Å². The third-order valence-corrected chi connectivity index (χ3v) is 7.66. The Morgan fingerprint density at radius 1 is 0.410 bits per heavy atom. The van der Waals surface area contributed by atoms with Gasteiger partial charge >= 0.3 is 0 Å². The lowest BCUT2D eigenvalue weighted by Gasteiger charge is -2.26. The number of hydrogen-bond acceptors (Lipinski definition) is 1. The summed E-state index contributed by atoms with van der Waals surface area (Å²) in [5.41, 5.74) is 8.62. The predicted octanol–water partition coefficient (Wildman–Crippen LogP) is 10.9. The van der Waals surface area contributed by atoms with Gasteiger partial charge in [-0.05, 0) is 93.0 Å². The zero-order valence-electron chi connectivity index (χ0n) is 21.8. The first-order valence-corrected chi connectivity index (χ1v) is 13.7. The molecule has 0 radical (unpaired) electrons. The normalized spacial score (nSPS) is 13.0. The molecule has 0 aliphatic heterocycles. The van der Waals surface area contributed by atoms with Crippen LogP contribution < -0.4 is 4.90 Å². The van der Waals surface area contributed by atoms with Crippen LogP contribution >= 0.6 is 0 Å². The fourth-order valence-corrected chi connectivity index (χ4v) is 5.93. The first-order chi connectivity index (χ1) is 19.4. The number of hydrogen-bond donors (Lipinski definition) is 0. The van der Waals surface area contributed by atoms with Crippen molar-refractivity contribution in [3.8, 4) is 11.1 Å². The van der Waals surface area contributed by atoms with Crippen molar-refractivity contribution in [2.75, 3.05) is 4.90 Å². The zero-order valence-corrected chi connectivity index (χ0v) is 21.8. The van der Waals surface area contributed by atoms with Gasteiger partial charge in [0.05, 0.1) is 0 Å². The van der Waals surface area contributed by atoms with Crippen LogP contribution in [0.3, 0.4) is 0 Å². The van der Waals surface area contributed by atoms with Gasteiger partial charge in [-0.15, -0.1) is 0 Å². The van der Waals surface area contributed by atoms with Crippen LogP contribution in [0.15, 0.2) is 152 Å². The van der Waals surface area contributed by atoms with Gasteiger partial charge in [0.1, 0.15) is 0 Å². The Kier molecular flexibility index (Phi) is 6.03. The lowest BCUT2D eigenvalue weighted by atomic mass is 9.85. The molecule has 0 N–H and O–H groups in total. The molecule has 39 heavy (non-hydrogen) atoms. The maximum Gasteiger partial charge on any atom is 0.0462 e. The highest BCUT2D eigenvalue weighted by Crippen LogP contribution is 2.43. The minimum absolute atomic E-state index is 1.09. The molecule has 1 heteroatoms. The van der Waals surface area contributed by atoms with Gasteiger partial charge in [-0.1, -0.05) is 115 Å². The second-order valence-electron chi connectivity index (χ2n) is 10.0. The Labute approximate surface area is 230 Å². The summed E-state index contributed by atoms with van der Waals surface area (Å²) >= 11 is 0. The summed E-state index contributed by atoms with van der Waals surface area (Å²) in [5, 5.41) is 5.20. The second-order valence-corrected chi connectivity index (χ2v) is 10.0. The van der Waals surface area contributed by atoms with Crippen molar-refractivity contribution < 1.29 is 0 Å². The third kappa shape index (κ3) is 4.23. The minimum atomic E-state index is 1.09. The van der Waals surface area contributed by atoms with Crippen LogP contribution in [-0.4, -0.2) is 0 Å². The van der Waals surface area contributed by atoms with Crippen LogP contribution in [0.5, 0.6) is 0 Å². The molecule has 1 nitrogen and oxygen atoms in total. The largest absolute Gasteiger partial charge is 0.311 e. The van der Waals surface area contributed by atoms with Gasteiger partial charge in [-0.3, -0.25) is 0 Å². The van der Waals surface area contributed by atoms with E-state index in [1.165, 1.54) is 43.8 Å². The van der Waals surface area contributed by atoms with Crippen molar-refractivity contribution in [2.24, 2.45) is 0 Å². The van der Waals surface area contributed by atoms with Crippen LogP contribution in [0.25, 0.3) is 38.2 Å². The quantitative estimate of drug-likeness (QED) is 0.213. The molecule has 0 heterocycles. The number of fused-ring (bicyclic) bond motifs is 2. The Balaban J connectivity index is 1.42. The molecule has 0 saturated carbocycles. The first kappa shape index (κ1) is 23.3. The second kappa shape index (κ2) is 10.1. The van der Waals surface area contributed by atoms with Gasteiger partial charge in [0.25, 0.3) is 0 Å². The SMILES string of the molecule is C1=CC(c2c3ccccc3c(-c3ccc(N(c4ccccc4)c4ccccc4)cc3)c3ccccc23)=CCC1. The van der Waals surface area contributed by atoms with Crippen LogP contribution in [0.1, 0.15) is 18.4 Å². The number of benzene rings is 6. The minimum Gasteiger partial charge on any atom is -0.311 e. The summed E-state index contributed by atoms with van der Waals surface area (Å²) < 4.78 is 0. The molecule has 186 valence electrons. The summed E-state index contributed by atoms with van der Waals surface area (Å²) in [6.07, 6.45) is 9.21. The first-order valence-electron chi connectivity index (χ1n) is 13.7. The average Bonchev–Trinajstić information content (AvgIpc) is 3.02. The van der Waals surface area contributed by atoms with Gasteiger partial charge in [0, 0.05) is 17.1 Å². The summed E-state index contributed by atoms with van der Waals surface area (Å²) in [6.45, 7) is 0. The van der Waals surface area contributed by atoms with Gasteiger partial charge in [-0.2, -0.15) is 0 Å². The molecule has 0 fully saturated rings. The molecule has 6 aromatic carbocycles. The smallest absolute Gasteiger partial charge is 0.0462 e. The van der Waals surface area contributed by atoms with Gasteiger partial charge in [-0.25, -0.2) is 0 Å². The average molecular weight is 500 g/mol. The van der Waals surface area contributed by atoms with Crippen LogP contribution in [-0.2, 0) is 0 Å². The topological polar surface area (TPSA) is 3.24 Å². The standard InChI is InChI=1S/C38H29N/c1-4-14-28(15-5-1)37-33-20-10-12-22-35(33)38(36-23-13-11-21-34(36)37)29-24-26-32(27-25-29)39(30-16-6-2-7-17-30)31-18-8-3-9-19-31/h2-4,6-27H,1,5H2. The van der Waals surface area contributed by atoms with Crippen LogP contribution in [0, 0.1) is 0 Å². The fourth-order valence-electron chi connectivity index (χ4n) is 5.93. The van der Waals surface area contributed by atoms with Crippen molar-refractivity contribution in [3.05, 3.63) is 157 Å². The number of allylic oxidation sites excluding steroid dienone is 4. The highest BCUT2D eigenvalue weighted by Gasteiger charge is 2.18. The summed E-state index contributed by atoms with van der Waals surface area (Å²) in [7, 11) is 0. The van der Waals surface area contributed by atoms with E-state index in [1.54, 1.807) is 0 Å². The molecule has 0 aromatic heterocycles. The van der Waals surface area contributed by atoms with Crippen molar-refractivity contribution in [3.63, 3.8) is 0 Å². The van der Waals surface area contributed by atoms with Gasteiger partial charge < -0.3 is 4.90 Å². The van der Waals surface area contributed by atoms with Crippen LogP contribution in [0.4, 0.5) is 17.1 Å². The van der Waals surface area contributed by atoms with E-state index < -0.39 is 0 Å². The Bertz CT molecular complexity index is 1730.